The molecule has 1 unspecified atom stereocenters. The van der Waals surface area contributed by atoms with Gasteiger partial charge in [0.15, 0.2) is 5.58 Å². The Morgan fingerprint density at radius 3 is 2.78 bits per heavy atom. The van der Waals surface area contributed by atoms with E-state index in [0.717, 1.165) is 18.4 Å². The van der Waals surface area contributed by atoms with Crippen LogP contribution in [0.25, 0.3) is 11.1 Å². The predicted molar refractivity (Wildman–Crippen MR) is 70.7 cm³/mol. The van der Waals surface area contributed by atoms with E-state index in [9.17, 15) is 4.79 Å². The average Bonchev–Trinajstić information content (AvgIpc) is 3.08. The van der Waals surface area contributed by atoms with Crippen molar-refractivity contribution >= 4 is 11.1 Å². The van der Waals surface area contributed by atoms with Gasteiger partial charge in [-0.15, -0.1) is 0 Å². The highest BCUT2D eigenvalue weighted by Crippen LogP contribution is 2.50. The largest absolute Gasteiger partial charge is 0.419 e. The van der Waals surface area contributed by atoms with E-state index in [1.165, 1.54) is 5.56 Å². The Bertz CT molecular complexity index is 647. The van der Waals surface area contributed by atoms with Crippen molar-refractivity contribution in [2.75, 3.05) is 0 Å². The molecule has 0 saturated heterocycles. The first-order valence-corrected chi connectivity index (χ1v) is 6.48. The standard InChI is InChI=1S/C14H18N2O2/c1-3-16-11-8-10(14(6-7-14)9(2)15)4-5-12(11)18-13(16)17/h4-5,8-9H,3,6-7,15H2,1-2H3. The van der Waals surface area contributed by atoms with E-state index in [4.69, 9.17) is 10.2 Å². The summed E-state index contributed by atoms with van der Waals surface area (Å²) in [5, 5.41) is 0. The molecule has 1 aliphatic rings. The lowest BCUT2D eigenvalue weighted by atomic mass is 9.89. The number of nitrogens with zero attached hydrogens (tertiary/aromatic N) is 1. The van der Waals surface area contributed by atoms with Crippen LogP contribution in [-0.4, -0.2) is 10.6 Å². The van der Waals surface area contributed by atoms with E-state index in [0.29, 0.717) is 12.1 Å². The SMILES string of the molecule is CCn1c(=O)oc2ccc(C3(C(C)N)CC3)cc21. The number of aryl methyl sites for hydroxylation is 1. The molecule has 1 heterocycles. The Labute approximate surface area is 105 Å². The average molecular weight is 246 g/mol. The van der Waals surface area contributed by atoms with Crippen molar-refractivity contribution in [3.05, 3.63) is 34.3 Å². The predicted octanol–water partition coefficient (Wildman–Crippen LogP) is 1.99. The fourth-order valence-corrected chi connectivity index (χ4v) is 2.81. The van der Waals surface area contributed by atoms with Gasteiger partial charge in [-0.3, -0.25) is 4.57 Å². The van der Waals surface area contributed by atoms with Crippen LogP contribution in [0, 0.1) is 0 Å². The van der Waals surface area contributed by atoms with Crippen molar-refractivity contribution < 1.29 is 4.42 Å². The molecule has 2 N–H and O–H groups in total. The Morgan fingerprint density at radius 1 is 1.50 bits per heavy atom. The smallest absolute Gasteiger partial charge is 0.408 e. The van der Waals surface area contributed by atoms with Gasteiger partial charge in [0.1, 0.15) is 0 Å². The summed E-state index contributed by atoms with van der Waals surface area (Å²) in [6, 6.07) is 6.14. The van der Waals surface area contributed by atoms with Gasteiger partial charge in [0.2, 0.25) is 0 Å². The summed E-state index contributed by atoms with van der Waals surface area (Å²) in [4.78, 5) is 11.7. The fraction of sp³-hybridized carbons (Fsp3) is 0.500. The quantitative estimate of drug-likeness (QED) is 0.901. The molecule has 18 heavy (non-hydrogen) atoms. The summed E-state index contributed by atoms with van der Waals surface area (Å²) in [5.41, 5.74) is 8.97. The van der Waals surface area contributed by atoms with Crippen molar-refractivity contribution in [1.82, 2.24) is 4.57 Å². The highest BCUT2D eigenvalue weighted by molar-refractivity contribution is 5.74. The molecule has 1 aliphatic carbocycles. The lowest BCUT2D eigenvalue weighted by molar-refractivity contribution is 0.513. The molecule has 0 spiro atoms. The molecule has 1 saturated carbocycles. The van der Waals surface area contributed by atoms with Gasteiger partial charge in [-0.05, 0) is 44.4 Å². The van der Waals surface area contributed by atoms with Crippen LogP contribution in [0.3, 0.4) is 0 Å². The molecular formula is C14H18N2O2. The maximum Gasteiger partial charge on any atom is 0.419 e. The second-order valence-electron chi connectivity index (χ2n) is 5.24. The van der Waals surface area contributed by atoms with Crippen LogP contribution in [0.1, 0.15) is 32.3 Å². The van der Waals surface area contributed by atoms with Crippen molar-refractivity contribution in [2.24, 2.45) is 5.73 Å². The molecule has 96 valence electrons. The van der Waals surface area contributed by atoms with E-state index in [2.05, 4.69) is 13.0 Å². The number of fused-ring (bicyclic) bond motifs is 1. The van der Waals surface area contributed by atoms with Crippen LogP contribution in [0.2, 0.25) is 0 Å². The first kappa shape index (κ1) is 11.5. The third-order valence-electron chi connectivity index (χ3n) is 4.22. The van der Waals surface area contributed by atoms with Gasteiger partial charge in [0, 0.05) is 18.0 Å². The Hall–Kier alpha value is -1.55. The number of benzene rings is 1. The summed E-state index contributed by atoms with van der Waals surface area (Å²) in [6.45, 7) is 4.63. The number of hydrogen-bond acceptors (Lipinski definition) is 3. The molecule has 3 rings (SSSR count). The molecule has 1 aromatic heterocycles. The number of rotatable bonds is 3. The van der Waals surface area contributed by atoms with Gasteiger partial charge >= 0.3 is 5.76 Å². The lowest BCUT2D eigenvalue weighted by Crippen LogP contribution is -2.31. The van der Waals surface area contributed by atoms with Crippen molar-refractivity contribution in [3.63, 3.8) is 0 Å². The van der Waals surface area contributed by atoms with Crippen LogP contribution in [0.4, 0.5) is 0 Å². The van der Waals surface area contributed by atoms with Crippen LogP contribution < -0.4 is 11.5 Å². The minimum atomic E-state index is -0.282. The fourth-order valence-electron chi connectivity index (χ4n) is 2.81. The zero-order chi connectivity index (χ0) is 12.9. The highest BCUT2D eigenvalue weighted by atomic mass is 16.4. The van der Waals surface area contributed by atoms with E-state index >= 15 is 0 Å². The molecular weight excluding hydrogens is 228 g/mol. The molecule has 2 aromatic rings. The van der Waals surface area contributed by atoms with E-state index in [1.54, 1.807) is 4.57 Å². The zero-order valence-corrected chi connectivity index (χ0v) is 10.8. The Kier molecular flexibility index (Phi) is 2.38. The molecule has 4 heteroatoms. The monoisotopic (exact) mass is 246 g/mol. The summed E-state index contributed by atoms with van der Waals surface area (Å²) < 4.78 is 6.88. The first-order valence-electron chi connectivity index (χ1n) is 6.48. The molecule has 1 atom stereocenters. The topological polar surface area (TPSA) is 61.2 Å². The normalized spacial score (nSPS) is 19.1. The minimum absolute atomic E-state index is 0.111. The maximum absolute atomic E-state index is 11.7. The van der Waals surface area contributed by atoms with E-state index in [-0.39, 0.29) is 17.2 Å². The second kappa shape index (κ2) is 3.72. The lowest BCUT2D eigenvalue weighted by Gasteiger charge is -2.20. The van der Waals surface area contributed by atoms with Gasteiger partial charge in [-0.2, -0.15) is 0 Å². The summed E-state index contributed by atoms with van der Waals surface area (Å²) in [6.07, 6.45) is 2.26. The number of oxazole rings is 1. The first-order chi connectivity index (χ1) is 8.58. The summed E-state index contributed by atoms with van der Waals surface area (Å²) in [7, 11) is 0. The molecule has 0 bridgehead atoms. The van der Waals surface area contributed by atoms with Gasteiger partial charge in [-0.1, -0.05) is 6.07 Å². The molecule has 4 nitrogen and oxygen atoms in total. The van der Waals surface area contributed by atoms with Gasteiger partial charge in [0.05, 0.1) is 5.52 Å². The number of hydrogen-bond donors (Lipinski definition) is 1. The maximum atomic E-state index is 11.7. The minimum Gasteiger partial charge on any atom is -0.408 e. The number of nitrogens with two attached hydrogens (primary N) is 1. The Balaban J connectivity index is 2.19. The third kappa shape index (κ3) is 1.45. The van der Waals surface area contributed by atoms with Crippen molar-refractivity contribution in [3.8, 4) is 0 Å². The van der Waals surface area contributed by atoms with Crippen LogP contribution in [0.15, 0.2) is 27.4 Å². The molecule has 0 radical (unpaired) electrons. The van der Waals surface area contributed by atoms with E-state index < -0.39 is 0 Å². The van der Waals surface area contributed by atoms with E-state index in [1.807, 2.05) is 19.1 Å². The van der Waals surface area contributed by atoms with Crippen LogP contribution >= 0.6 is 0 Å². The van der Waals surface area contributed by atoms with Gasteiger partial charge in [0.25, 0.3) is 0 Å². The zero-order valence-electron chi connectivity index (χ0n) is 10.8. The van der Waals surface area contributed by atoms with Crippen LogP contribution in [0.5, 0.6) is 0 Å². The summed E-state index contributed by atoms with van der Waals surface area (Å²) >= 11 is 0. The second-order valence-corrected chi connectivity index (χ2v) is 5.24. The van der Waals surface area contributed by atoms with Crippen LogP contribution in [-0.2, 0) is 12.0 Å². The molecule has 1 aromatic carbocycles. The van der Waals surface area contributed by atoms with Gasteiger partial charge < -0.3 is 10.2 Å². The highest BCUT2D eigenvalue weighted by Gasteiger charge is 2.47. The number of aromatic nitrogens is 1. The Morgan fingerprint density at radius 2 is 2.22 bits per heavy atom. The molecule has 0 amide bonds. The van der Waals surface area contributed by atoms with Crippen molar-refractivity contribution in [1.29, 1.82) is 0 Å². The van der Waals surface area contributed by atoms with Crippen molar-refractivity contribution in [2.45, 2.75) is 44.7 Å². The molecule has 1 fully saturated rings. The summed E-state index contributed by atoms with van der Waals surface area (Å²) in [5.74, 6) is -0.282. The van der Waals surface area contributed by atoms with Gasteiger partial charge in [-0.25, -0.2) is 4.79 Å². The third-order valence-corrected chi connectivity index (χ3v) is 4.22. The molecule has 0 aliphatic heterocycles.